The first-order valence-electron chi connectivity index (χ1n) is 6.55. The van der Waals surface area contributed by atoms with E-state index in [9.17, 15) is 4.79 Å². The lowest BCUT2D eigenvalue weighted by Crippen LogP contribution is -2.32. The number of benzene rings is 2. The fourth-order valence-electron chi connectivity index (χ4n) is 1.89. The number of carbonyl (C=O) groups is 1. The number of para-hydroxylation sites is 1. The van der Waals surface area contributed by atoms with Crippen molar-refractivity contribution in [1.29, 1.82) is 0 Å². The number of halogens is 1. The molecule has 2 amide bonds. The van der Waals surface area contributed by atoms with Gasteiger partial charge in [0.15, 0.2) is 6.73 Å². The second kappa shape index (κ2) is 6.99. The van der Waals surface area contributed by atoms with Crippen molar-refractivity contribution >= 4 is 23.3 Å². The molecular weight excluding hydrogens is 288 g/mol. The number of nitrogens with one attached hydrogen (secondary N) is 2. The Bertz CT molecular complexity index is 606. The Morgan fingerprint density at radius 3 is 2.33 bits per heavy atom. The van der Waals surface area contributed by atoms with Crippen molar-refractivity contribution < 1.29 is 9.53 Å². The van der Waals surface area contributed by atoms with Crippen LogP contribution in [0.5, 0.6) is 5.75 Å². The lowest BCUT2D eigenvalue weighted by molar-refractivity contribution is 0.234. The van der Waals surface area contributed by atoms with Crippen LogP contribution >= 0.6 is 11.6 Å². The van der Waals surface area contributed by atoms with Gasteiger partial charge in [0.25, 0.3) is 0 Å². The second-order valence-electron chi connectivity index (χ2n) is 4.64. The van der Waals surface area contributed by atoms with E-state index < -0.39 is 0 Å². The van der Waals surface area contributed by atoms with Gasteiger partial charge in [0.1, 0.15) is 5.75 Å². The molecule has 0 spiro atoms. The van der Waals surface area contributed by atoms with Gasteiger partial charge >= 0.3 is 6.03 Å². The first-order valence-corrected chi connectivity index (χ1v) is 6.93. The summed E-state index contributed by atoms with van der Waals surface area (Å²) in [4.78, 5) is 11.8. The predicted octanol–water partition coefficient (Wildman–Crippen LogP) is 4.11. The summed E-state index contributed by atoms with van der Waals surface area (Å²) in [5.41, 5.74) is 2.86. The van der Waals surface area contributed by atoms with E-state index in [1.165, 1.54) is 0 Å². The second-order valence-corrected chi connectivity index (χ2v) is 5.08. The third-order valence-electron chi connectivity index (χ3n) is 3.00. The van der Waals surface area contributed by atoms with Crippen LogP contribution in [0.2, 0.25) is 5.02 Å². The highest BCUT2D eigenvalue weighted by atomic mass is 35.5. The van der Waals surface area contributed by atoms with Crippen LogP contribution in [-0.4, -0.2) is 12.8 Å². The van der Waals surface area contributed by atoms with Crippen LogP contribution in [0.25, 0.3) is 0 Å². The third-order valence-corrected chi connectivity index (χ3v) is 3.26. The molecule has 0 saturated carbocycles. The van der Waals surface area contributed by atoms with Gasteiger partial charge in [-0.2, -0.15) is 0 Å². The molecular formula is C16H17ClN2O2. The normalized spacial score (nSPS) is 10.0. The number of aryl methyl sites for hydroxylation is 2. The molecule has 21 heavy (non-hydrogen) atoms. The van der Waals surface area contributed by atoms with Crippen LogP contribution in [-0.2, 0) is 0 Å². The Morgan fingerprint density at radius 1 is 1.10 bits per heavy atom. The average molecular weight is 305 g/mol. The van der Waals surface area contributed by atoms with Gasteiger partial charge < -0.3 is 15.4 Å². The van der Waals surface area contributed by atoms with Crippen molar-refractivity contribution in [2.24, 2.45) is 0 Å². The highest BCUT2D eigenvalue weighted by molar-refractivity contribution is 6.30. The van der Waals surface area contributed by atoms with E-state index in [1.54, 1.807) is 24.3 Å². The minimum Gasteiger partial charge on any atom is -0.473 e. The molecule has 0 aliphatic carbocycles. The van der Waals surface area contributed by atoms with Crippen molar-refractivity contribution in [2.75, 3.05) is 12.0 Å². The smallest absolute Gasteiger partial charge is 0.321 e. The van der Waals surface area contributed by atoms with Crippen molar-refractivity contribution in [2.45, 2.75) is 13.8 Å². The zero-order valence-electron chi connectivity index (χ0n) is 11.9. The monoisotopic (exact) mass is 304 g/mol. The molecule has 0 fully saturated rings. The number of urea groups is 1. The highest BCUT2D eigenvalue weighted by Crippen LogP contribution is 2.19. The van der Waals surface area contributed by atoms with E-state index >= 15 is 0 Å². The summed E-state index contributed by atoms with van der Waals surface area (Å²) in [6.45, 7) is 3.98. The standard InChI is InChI=1S/C16H17ClN2O2/c1-11-4-3-5-12(2)15(11)19-16(20)18-10-21-14-8-6-13(17)7-9-14/h3-9H,10H2,1-2H3,(H2,18,19,20). The van der Waals surface area contributed by atoms with E-state index in [2.05, 4.69) is 10.6 Å². The summed E-state index contributed by atoms with van der Waals surface area (Å²) in [7, 11) is 0. The maximum Gasteiger partial charge on any atom is 0.321 e. The van der Waals surface area contributed by atoms with Gasteiger partial charge in [0.05, 0.1) is 0 Å². The maximum absolute atomic E-state index is 11.8. The fourth-order valence-corrected chi connectivity index (χ4v) is 2.01. The van der Waals surface area contributed by atoms with E-state index in [0.717, 1.165) is 16.8 Å². The average Bonchev–Trinajstić information content (AvgIpc) is 2.45. The van der Waals surface area contributed by atoms with E-state index in [1.807, 2.05) is 32.0 Å². The van der Waals surface area contributed by atoms with Gasteiger partial charge in [0, 0.05) is 10.7 Å². The zero-order valence-corrected chi connectivity index (χ0v) is 12.7. The molecule has 2 aromatic rings. The third kappa shape index (κ3) is 4.39. The molecule has 2 rings (SSSR count). The van der Waals surface area contributed by atoms with Crippen LogP contribution in [0, 0.1) is 13.8 Å². The summed E-state index contributed by atoms with van der Waals surface area (Å²) >= 11 is 5.78. The Labute approximate surface area is 129 Å². The van der Waals surface area contributed by atoms with E-state index in [4.69, 9.17) is 16.3 Å². The molecule has 4 nitrogen and oxygen atoms in total. The topological polar surface area (TPSA) is 50.4 Å². The quantitative estimate of drug-likeness (QED) is 0.835. The van der Waals surface area contributed by atoms with Crippen LogP contribution in [0.15, 0.2) is 42.5 Å². The van der Waals surface area contributed by atoms with Crippen LogP contribution in [0.1, 0.15) is 11.1 Å². The fraction of sp³-hybridized carbons (Fsp3) is 0.188. The molecule has 2 N–H and O–H groups in total. The number of ether oxygens (including phenoxy) is 1. The first kappa shape index (κ1) is 15.2. The Balaban J connectivity index is 1.84. The van der Waals surface area contributed by atoms with Crippen LogP contribution in [0.3, 0.4) is 0 Å². The molecule has 0 unspecified atom stereocenters. The summed E-state index contributed by atoms with van der Waals surface area (Å²) in [5, 5.41) is 6.11. The molecule has 0 atom stereocenters. The minimum atomic E-state index is -0.304. The SMILES string of the molecule is Cc1cccc(C)c1NC(=O)NCOc1ccc(Cl)cc1. The van der Waals surface area contributed by atoms with Gasteiger partial charge in [-0.15, -0.1) is 0 Å². The van der Waals surface area contributed by atoms with Crippen molar-refractivity contribution in [3.63, 3.8) is 0 Å². The van der Waals surface area contributed by atoms with E-state index in [0.29, 0.717) is 10.8 Å². The lowest BCUT2D eigenvalue weighted by Gasteiger charge is -2.13. The molecule has 0 bridgehead atoms. The Morgan fingerprint density at radius 2 is 1.71 bits per heavy atom. The first-order chi connectivity index (χ1) is 10.1. The minimum absolute atomic E-state index is 0.0817. The molecule has 2 aromatic carbocycles. The summed E-state index contributed by atoms with van der Waals surface area (Å²) in [6, 6.07) is 12.5. The molecule has 0 radical (unpaired) electrons. The molecule has 0 saturated heterocycles. The summed E-state index contributed by atoms with van der Waals surface area (Å²) < 4.78 is 5.40. The van der Waals surface area contributed by atoms with Crippen LogP contribution < -0.4 is 15.4 Å². The van der Waals surface area contributed by atoms with Crippen molar-refractivity contribution in [3.8, 4) is 5.75 Å². The number of rotatable bonds is 4. The van der Waals surface area contributed by atoms with Gasteiger partial charge in [-0.25, -0.2) is 4.79 Å². The van der Waals surface area contributed by atoms with Crippen LogP contribution in [0.4, 0.5) is 10.5 Å². The lowest BCUT2D eigenvalue weighted by atomic mass is 10.1. The molecule has 110 valence electrons. The summed E-state index contributed by atoms with van der Waals surface area (Å²) in [6.07, 6.45) is 0. The number of hydrogen-bond donors (Lipinski definition) is 2. The number of anilines is 1. The van der Waals surface area contributed by atoms with Gasteiger partial charge in [0.2, 0.25) is 0 Å². The van der Waals surface area contributed by atoms with Gasteiger partial charge in [-0.05, 0) is 49.2 Å². The zero-order chi connectivity index (χ0) is 15.2. The number of amides is 2. The van der Waals surface area contributed by atoms with Gasteiger partial charge in [-0.3, -0.25) is 0 Å². The summed E-state index contributed by atoms with van der Waals surface area (Å²) in [5.74, 6) is 0.645. The Hall–Kier alpha value is -2.20. The molecule has 5 heteroatoms. The van der Waals surface area contributed by atoms with Crippen molar-refractivity contribution in [3.05, 3.63) is 58.6 Å². The molecule has 0 aliphatic rings. The highest BCUT2D eigenvalue weighted by Gasteiger charge is 2.06. The largest absolute Gasteiger partial charge is 0.473 e. The predicted molar refractivity (Wildman–Crippen MR) is 85.0 cm³/mol. The number of carbonyl (C=O) groups excluding carboxylic acids is 1. The molecule has 0 aliphatic heterocycles. The Kier molecular flexibility index (Phi) is 5.06. The molecule has 0 aromatic heterocycles. The van der Waals surface area contributed by atoms with E-state index in [-0.39, 0.29) is 12.8 Å². The maximum atomic E-state index is 11.8. The number of hydrogen-bond acceptors (Lipinski definition) is 2. The molecule has 0 heterocycles. The van der Waals surface area contributed by atoms with Crippen molar-refractivity contribution in [1.82, 2.24) is 5.32 Å². The van der Waals surface area contributed by atoms with Gasteiger partial charge in [-0.1, -0.05) is 29.8 Å².